The van der Waals surface area contributed by atoms with Gasteiger partial charge in [0.1, 0.15) is 5.75 Å². The molecule has 1 rings (SSSR count). The monoisotopic (exact) mass is 265 g/mol. The molecule has 0 heterocycles. The van der Waals surface area contributed by atoms with Crippen LogP contribution in [0.5, 0.6) is 5.75 Å². The molecule has 0 aliphatic rings. The second kappa shape index (κ2) is 9.82. The lowest BCUT2D eigenvalue weighted by Gasteiger charge is -2.09. The van der Waals surface area contributed by atoms with Gasteiger partial charge in [-0.05, 0) is 36.9 Å². The fourth-order valence-electron chi connectivity index (χ4n) is 1.82. The molecule has 0 fully saturated rings. The normalized spacial score (nSPS) is 10.9. The summed E-state index contributed by atoms with van der Waals surface area (Å²) < 4.78 is 10.9. The van der Waals surface area contributed by atoms with Crippen molar-refractivity contribution in [2.75, 3.05) is 33.4 Å². The van der Waals surface area contributed by atoms with Crippen molar-refractivity contribution in [2.45, 2.75) is 26.7 Å². The summed E-state index contributed by atoms with van der Waals surface area (Å²) in [6, 6.07) is 8.16. The van der Waals surface area contributed by atoms with Crippen LogP contribution in [-0.4, -0.2) is 33.4 Å². The van der Waals surface area contributed by atoms with Crippen LogP contribution in [0.2, 0.25) is 0 Å². The van der Waals surface area contributed by atoms with Crippen molar-refractivity contribution in [3.8, 4) is 5.75 Å². The minimum atomic E-state index is 0.721. The topological polar surface area (TPSA) is 30.5 Å². The van der Waals surface area contributed by atoms with E-state index in [1.165, 1.54) is 5.56 Å². The molecule has 3 heteroatoms. The summed E-state index contributed by atoms with van der Waals surface area (Å²) in [4.78, 5) is 0. The Hall–Kier alpha value is -1.06. The van der Waals surface area contributed by atoms with Crippen LogP contribution < -0.4 is 10.1 Å². The predicted octanol–water partition coefficient (Wildman–Crippen LogP) is 2.89. The molecular weight excluding hydrogens is 238 g/mol. The minimum Gasteiger partial charge on any atom is -0.496 e. The van der Waals surface area contributed by atoms with Gasteiger partial charge in [0.05, 0.1) is 13.7 Å². The third-order valence-electron chi connectivity index (χ3n) is 3.03. The summed E-state index contributed by atoms with van der Waals surface area (Å²) in [6.45, 7) is 7.95. The van der Waals surface area contributed by atoms with Crippen LogP contribution in [0.1, 0.15) is 25.8 Å². The fraction of sp³-hybridized carbons (Fsp3) is 0.625. The summed E-state index contributed by atoms with van der Waals surface area (Å²) in [6.07, 6.45) is 2.12. The lowest BCUT2D eigenvalue weighted by molar-refractivity contribution is 0.125. The highest BCUT2D eigenvalue weighted by molar-refractivity contribution is 5.33. The van der Waals surface area contributed by atoms with Gasteiger partial charge in [-0.1, -0.05) is 32.0 Å². The lowest BCUT2D eigenvalue weighted by Crippen LogP contribution is -2.22. The van der Waals surface area contributed by atoms with E-state index >= 15 is 0 Å². The zero-order chi connectivity index (χ0) is 13.9. The predicted molar refractivity (Wildman–Crippen MR) is 79.8 cm³/mol. The van der Waals surface area contributed by atoms with Crippen molar-refractivity contribution < 1.29 is 9.47 Å². The van der Waals surface area contributed by atoms with E-state index in [-0.39, 0.29) is 0 Å². The average Bonchev–Trinajstić information content (AvgIpc) is 2.42. The molecule has 0 aliphatic carbocycles. The summed E-state index contributed by atoms with van der Waals surface area (Å²) in [7, 11) is 1.72. The Labute approximate surface area is 117 Å². The molecule has 0 bridgehead atoms. The quantitative estimate of drug-likeness (QED) is 0.660. The zero-order valence-electron chi connectivity index (χ0n) is 12.4. The van der Waals surface area contributed by atoms with Crippen molar-refractivity contribution in [3.63, 3.8) is 0 Å². The smallest absolute Gasteiger partial charge is 0.122 e. The van der Waals surface area contributed by atoms with Crippen molar-refractivity contribution in [2.24, 2.45) is 5.92 Å². The van der Waals surface area contributed by atoms with Gasteiger partial charge in [0.15, 0.2) is 0 Å². The molecule has 0 aliphatic heterocycles. The van der Waals surface area contributed by atoms with Crippen LogP contribution in [0, 0.1) is 5.92 Å². The van der Waals surface area contributed by atoms with Crippen molar-refractivity contribution in [1.29, 1.82) is 0 Å². The third-order valence-corrected chi connectivity index (χ3v) is 3.03. The molecule has 3 nitrogen and oxygen atoms in total. The van der Waals surface area contributed by atoms with Crippen LogP contribution in [0.25, 0.3) is 0 Å². The molecule has 108 valence electrons. The van der Waals surface area contributed by atoms with Crippen LogP contribution in [-0.2, 0) is 11.2 Å². The molecule has 1 aromatic rings. The Morgan fingerprint density at radius 1 is 1.11 bits per heavy atom. The number of methoxy groups -OCH3 is 1. The summed E-state index contributed by atoms with van der Waals surface area (Å²) in [5.74, 6) is 1.69. The largest absolute Gasteiger partial charge is 0.496 e. The summed E-state index contributed by atoms with van der Waals surface area (Å²) in [5.41, 5.74) is 1.25. The minimum absolute atomic E-state index is 0.721. The van der Waals surface area contributed by atoms with E-state index in [4.69, 9.17) is 9.47 Å². The fourth-order valence-corrected chi connectivity index (χ4v) is 1.82. The Kier molecular flexibility index (Phi) is 8.26. The Morgan fingerprint density at radius 2 is 1.89 bits per heavy atom. The summed E-state index contributed by atoms with van der Waals surface area (Å²) in [5, 5.41) is 3.39. The van der Waals surface area contributed by atoms with Gasteiger partial charge < -0.3 is 14.8 Å². The van der Waals surface area contributed by atoms with E-state index in [0.717, 1.165) is 50.8 Å². The number of para-hydroxylation sites is 1. The molecule has 1 aromatic carbocycles. The van der Waals surface area contributed by atoms with E-state index < -0.39 is 0 Å². The van der Waals surface area contributed by atoms with E-state index in [0.29, 0.717) is 0 Å². The second-order valence-corrected chi connectivity index (χ2v) is 5.11. The molecule has 0 spiro atoms. The second-order valence-electron chi connectivity index (χ2n) is 5.11. The maximum absolute atomic E-state index is 5.55. The highest BCUT2D eigenvalue weighted by Crippen LogP contribution is 2.17. The third kappa shape index (κ3) is 7.19. The van der Waals surface area contributed by atoms with Gasteiger partial charge >= 0.3 is 0 Å². The van der Waals surface area contributed by atoms with Gasteiger partial charge in [-0.15, -0.1) is 0 Å². The highest BCUT2D eigenvalue weighted by atomic mass is 16.5. The van der Waals surface area contributed by atoms with E-state index in [1.54, 1.807) is 7.11 Å². The number of ether oxygens (including phenoxy) is 2. The average molecular weight is 265 g/mol. The van der Waals surface area contributed by atoms with Crippen molar-refractivity contribution in [3.05, 3.63) is 29.8 Å². The molecule has 0 saturated carbocycles. The zero-order valence-corrected chi connectivity index (χ0v) is 12.4. The molecule has 0 amide bonds. The van der Waals surface area contributed by atoms with Crippen LogP contribution in [0.4, 0.5) is 0 Å². The van der Waals surface area contributed by atoms with Gasteiger partial charge in [-0.25, -0.2) is 0 Å². The summed E-state index contributed by atoms with van der Waals surface area (Å²) >= 11 is 0. The first kappa shape index (κ1) is 16.0. The van der Waals surface area contributed by atoms with Crippen LogP contribution in [0.3, 0.4) is 0 Å². The number of nitrogens with one attached hydrogen (secondary N) is 1. The molecule has 0 saturated heterocycles. The van der Waals surface area contributed by atoms with Crippen molar-refractivity contribution in [1.82, 2.24) is 5.32 Å². The SMILES string of the molecule is COc1ccccc1CCNCCOCCC(C)C. The van der Waals surface area contributed by atoms with E-state index in [1.807, 2.05) is 18.2 Å². The Morgan fingerprint density at radius 3 is 2.63 bits per heavy atom. The van der Waals surface area contributed by atoms with E-state index in [2.05, 4.69) is 25.2 Å². The number of benzene rings is 1. The molecular formula is C16H27NO2. The molecule has 1 N–H and O–H groups in total. The number of hydrogen-bond acceptors (Lipinski definition) is 3. The van der Waals surface area contributed by atoms with Gasteiger partial charge in [-0.2, -0.15) is 0 Å². The first-order valence-corrected chi connectivity index (χ1v) is 7.14. The van der Waals surface area contributed by atoms with Crippen molar-refractivity contribution >= 4 is 0 Å². The van der Waals surface area contributed by atoms with E-state index in [9.17, 15) is 0 Å². The molecule has 0 unspecified atom stereocenters. The van der Waals surface area contributed by atoms with Gasteiger partial charge in [-0.3, -0.25) is 0 Å². The first-order chi connectivity index (χ1) is 9.24. The first-order valence-electron chi connectivity index (χ1n) is 7.14. The van der Waals surface area contributed by atoms with Gasteiger partial charge in [0.25, 0.3) is 0 Å². The maximum atomic E-state index is 5.55. The molecule has 0 radical (unpaired) electrons. The molecule has 19 heavy (non-hydrogen) atoms. The van der Waals surface area contributed by atoms with Gasteiger partial charge in [0.2, 0.25) is 0 Å². The Balaban J connectivity index is 2.04. The molecule has 0 aromatic heterocycles. The van der Waals surface area contributed by atoms with Gasteiger partial charge in [0, 0.05) is 13.2 Å². The Bertz CT molecular complexity index is 339. The number of hydrogen-bond donors (Lipinski definition) is 1. The molecule has 0 atom stereocenters. The standard InChI is InChI=1S/C16H27NO2/c1-14(2)9-12-19-13-11-17-10-8-15-6-4-5-7-16(15)18-3/h4-7,14,17H,8-13H2,1-3H3. The van der Waals surface area contributed by atoms with Crippen LogP contribution >= 0.6 is 0 Å². The van der Waals surface area contributed by atoms with Crippen LogP contribution in [0.15, 0.2) is 24.3 Å². The highest BCUT2D eigenvalue weighted by Gasteiger charge is 2.00. The maximum Gasteiger partial charge on any atom is 0.122 e. The lowest BCUT2D eigenvalue weighted by atomic mass is 10.1. The number of rotatable bonds is 10.